The Morgan fingerprint density at radius 3 is 2.36 bits per heavy atom. The number of aliphatic hydroxyl groups is 5. The van der Waals surface area contributed by atoms with Gasteiger partial charge >= 0.3 is 10.4 Å². The normalized spacial score (nSPS) is 33.6. The third-order valence-electron chi connectivity index (χ3n) is 3.60. The molecule has 22 heavy (non-hydrogen) atoms. The van der Waals surface area contributed by atoms with Crippen molar-refractivity contribution in [3.05, 3.63) is 0 Å². The Hall–Kier alpha value is 0.0200. The zero-order valence-corrected chi connectivity index (χ0v) is 13.7. The number of aliphatic hydroxyl groups excluding tert-OH is 5. The minimum absolute atomic E-state index is 0.241. The lowest BCUT2D eigenvalue weighted by atomic mass is 10.0. The van der Waals surface area contributed by atoms with Crippen molar-refractivity contribution in [1.82, 2.24) is 0 Å². The molecule has 6 N–H and O–H groups in total. The molecule has 0 radical (unpaired) electrons. The molecule has 132 valence electrons. The van der Waals surface area contributed by atoms with Crippen LogP contribution in [0.4, 0.5) is 0 Å². The Bertz CT molecular complexity index is 443. The maximum Gasteiger partial charge on any atom is 0.397 e. The van der Waals surface area contributed by atoms with Crippen molar-refractivity contribution in [2.24, 2.45) is 5.92 Å². The van der Waals surface area contributed by atoms with E-state index in [1.165, 1.54) is 0 Å². The van der Waals surface area contributed by atoms with Crippen LogP contribution < -0.4 is 0 Å². The van der Waals surface area contributed by atoms with E-state index in [0.29, 0.717) is 0 Å². The summed E-state index contributed by atoms with van der Waals surface area (Å²) in [5.41, 5.74) is 0. The smallest absolute Gasteiger partial charge is 0.394 e. The van der Waals surface area contributed by atoms with Gasteiger partial charge in [-0.2, -0.15) is 8.42 Å². The Labute approximate surface area is 131 Å². The van der Waals surface area contributed by atoms with Gasteiger partial charge in [-0.1, -0.05) is 6.92 Å². The molecule has 1 saturated heterocycles. The van der Waals surface area contributed by atoms with E-state index < -0.39 is 63.5 Å². The van der Waals surface area contributed by atoms with E-state index in [1.54, 1.807) is 6.92 Å². The molecular formula is C11H23O9S2+. The van der Waals surface area contributed by atoms with Crippen LogP contribution in [0.1, 0.15) is 6.92 Å². The zero-order chi connectivity index (χ0) is 17.1. The third-order valence-corrected chi connectivity index (χ3v) is 7.08. The molecule has 0 aromatic heterocycles. The molecule has 0 aliphatic carbocycles. The Morgan fingerprint density at radius 2 is 1.91 bits per heavy atom. The van der Waals surface area contributed by atoms with Gasteiger partial charge in [-0.15, -0.1) is 0 Å². The van der Waals surface area contributed by atoms with Gasteiger partial charge in [0.2, 0.25) is 0 Å². The van der Waals surface area contributed by atoms with Gasteiger partial charge in [0.1, 0.15) is 35.9 Å². The van der Waals surface area contributed by atoms with Crippen LogP contribution in [-0.4, -0.2) is 92.9 Å². The summed E-state index contributed by atoms with van der Waals surface area (Å²) in [7, 11) is -5.44. The summed E-state index contributed by atoms with van der Waals surface area (Å²) in [5, 5.41) is 46.8. The van der Waals surface area contributed by atoms with Crippen molar-refractivity contribution in [2.75, 3.05) is 24.7 Å². The van der Waals surface area contributed by atoms with E-state index in [1.807, 2.05) is 0 Å². The fourth-order valence-electron chi connectivity index (χ4n) is 2.51. The van der Waals surface area contributed by atoms with Crippen LogP contribution in [0.3, 0.4) is 0 Å². The SMILES string of the molecule is C[C@H](C[S+]1C[C@@H](O)[C@H](O)[C@H]1CO)[C@@H](OS(=O)(=O)O)[C@H](O)CO. The standard InChI is InChI=1S/C11H22O9S2/c1-6(11(7(14)2-12)20-22(17,18)19)4-21-5-8(15)10(16)9(21)3-13/h6-16H,2-5H2,1H3/p+1/t6-,7-,8-,9-,10+,11-,21?/m1/s1. The largest absolute Gasteiger partial charge is 0.397 e. The quantitative estimate of drug-likeness (QED) is 0.193. The second-order valence-corrected chi connectivity index (χ2v) is 8.76. The van der Waals surface area contributed by atoms with Gasteiger partial charge in [-0.3, -0.25) is 4.55 Å². The molecule has 1 heterocycles. The van der Waals surface area contributed by atoms with E-state index in [2.05, 4.69) is 4.18 Å². The van der Waals surface area contributed by atoms with E-state index >= 15 is 0 Å². The van der Waals surface area contributed by atoms with Crippen molar-refractivity contribution >= 4 is 21.3 Å². The first-order chi connectivity index (χ1) is 10.1. The predicted octanol–water partition coefficient (Wildman–Crippen LogP) is -3.12. The first-order valence-electron chi connectivity index (χ1n) is 6.68. The summed E-state index contributed by atoms with van der Waals surface area (Å²) in [6.07, 6.45) is -4.94. The Kier molecular flexibility index (Phi) is 7.49. The molecule has 1 unspecified atom stereocenters. The summed E-state index contributed by atoms with van der Waals surface area (Å²) in [6.45, 7) is 0.459. The minimum Gasteiger partial charge on any atom is -0.394 e. The highest BCUT2D eigenvalue weighted by atomic mass is 32.3. The molecule has 0 bridgehead atoms. The van der Waals surface area contributed by atoms with Crippen molar-refractivity contribution in [1.29, 1.82) is 0 Å². The van der Waals surface area contributed by atoms with Crippen LogP contribution in [0, 0.1) is 5.92 Å². The lowest BCUT2D eigenvalue weighted by Gasteiger charge is -2.25. The molecule has 1 aliphatic rings. The third kappa shape index (κ3) is 5.28. The van der Waals surface area contributed by atoms with Crippen LogP contribution in [0.15, 0.2) is 0 Å². The molecule has 1 rings (SSSR count). The fourth-order valence-corrected chi connectivity index (χ4v) is 6.02. The minimum atomic E-state index is -4.81. The summed E-state index contributed by atoms with van der Waals surface area (Å²) in [6, 6.07) is 0. The topological polar surface area (TPSA) is 165 Å². The van der Waals surface area contributed by atoms with Crippen LogP contribution in [-0.2, 0) is 25.5 Å². The van der Waals surface area contributed by atoms with Gasteiger partial charge in [-0.25, -0.2) is 4.18 Å². The van der Waals surface area contributed by atoms with Crippen LogP contribution in [0.5, 0.6) is 0 Å². The molecule has 11 heteroatoms. The maximum atomic E-state index is 10.9. The number of hydrogen-bond acceptors (Lipinski definition) is 8. The molecule has 0 saturated carbocycles. The second-order valence-electron chi connectivity index (χ2n) is 5.37. The molecule has 0 spiro atoms. The van der Waals surface area contributed by atoms with Crippen molar-refractivity contribution in [3.63, 3.8) is 0 Å². The highest BCUT2D eigenvalue weighted by Crippen LogP contribution is 2.28. The molecule has 1 fully saturated rings. The first-order valence-corrected chi connectivity index (χ1v) is 9.67. The lowest BCUT2D eigenvalue weighted by molar-refractivity contribution is -0.0225. The van der Waals surface area contributed by atoms with Gasteiger partial charge in [-0.05, 0) is 10.9 Å². The highest BCUT2D eigenvalue weighted by Gasteiger charge is 2.50. The number of hydrogen-bond donors (Lipinski definition) is 6. The average Bonchev–Trinajstić information content (AvgIpc) is 2.68. The summed E-state index contributed by atoms with van der Waals surface area (Å²) in [5.74, 6) is -0.125. The summed E-state index contributed by atoms with van der Waals surface area (Å²) < 4.78 is 34.9. The van der Waals surface area contributed by atoms with Gasteiger partial charge in [0.25, 0.3) is 0 Å². The fraction of sp³-hybridized carbons (Fsp3) is 1.00. The van der Waals surface area contributed by atoms with Gasteiger partial charge in [0, 0.05) is 5.92 Å². The van der Waals surface area contributed by atoms with E-state index in [-0.39, 0.29) is 18.1 Å². The van der Waals surface area contributed by atoms with Gasteiger partial charge in [0.15, 0.2) is 5.25 Å². The molecule has 9 nitrogen and oxygen atoms in total. The molecule has 0 aromatic rings. The summed E-state index contributed by atoms with van der Waals surface area (Å²) in [4.78, 5) is 0. The van der Waals surface area contributed by atoms with Crippen molar-refractivity contribution < 1.29 is 42.7 Å². The highest BCUT2D eigenvalue weighted by molar-refractivity contribution is 7.97. The first kappa shape index (κ1) is 20.1. The molecule has 0 aromatic carbocycles. The second kappa shape index (κ2) is 8.22. The van der Waals surface area contributed by atoms with Crippen LogP contribution >= 0.6 is 0 Å². The van der Waals surface area contributed by atoms with Crippen molar-refractivity contribution in [2.45, 2.75) is 36.6 Å². The molecule has 1 aliphatic heterocycles. The van der Waals surface area contributed by atoms with Crippen LogP contribution in [0.2, 0.25) is 0 Å². The van der Waals surface area contributed by atoms with Gasteiger partial charge < -0.3 is 25.5 Å². The Balaban J connectivity index is 2.80. The predicted molar refractivity (Wildman–Crippen MR) is 78.7 cm³/mol. The van der Waals surface area contributed by atoms with E-state index in [9.17, 15) is 28.8 Å². The summed E-state index contributed by atoms with van der Waals surface area (Å²) >= 11 is 0. The maximum absolute atomic E-state index is 10.9. The molecule has 0 amide bonds. The molecule has 7 atom stereocenters. The zero-order valence-electron chi connectivity index (χ0n) is 12.0. The van der Waals surface area contributed by atoms with E-state index in [0.717, 1.165) is 0 Å². The number of rotatable bonds is 8. The monoisotopic (exact) mass is 363 g/mol. The van der Waals surface area contributed by atoms with Crippen molar-refractivity contribution in [3.8, 4) is 0 Å². The Morgan fingerprint density at radius 1 is 1.32 bits per heavy atom. The van der Waals surface area contributed by atoms with Gasteiger partial charge in [0.05, 0.1) is 13.2 Å². The van der Waals surface area contributed by atoms with E-state index in [4.69, 9.17) is 9.66 Å². The average molecular weight is 363 g/mol. The molecular weight excluding hydrogens is 340 g/mol. The van der Waals surface area contributed by atoms with Crippen LogP contribution in [0.25, 0.3) is 0 Å². The lowest BCUT2D eigenvalue weighted by Crippen LogP contribution is -2.43.